The molecule has 1 aromatic rings. The number of aliphatic hydroxyl groups excluding tert-OH is 1. The molecule has 2 amide bonds. The molecule has 0 aromatic heterocycles. The second kappa shape index (κ2) is 17.5. The van der Waals surface area contributed by atoms with Gasteiger partial charge in [-0.2, -0.15) is 0 Å². The molecule has 43 heavy (non-hydrogen) atoms. The van der Waals surface area contributed by atoms with Crippen LogP contribution in [0.2, 0.25) is 0 Å². The molecule has 246 valence electrons. The van der Waals surface area contributed by atoms with Crippen molar-refractivity contribution in [1.82, 2.24) is 10.6 Å². The van der Waals surface area contributed by atoms with Crippen LogP contribution in [0.15, 0.2) is 18.2 Å². The molecule has 0 radical (unpaired) electrons. The highest BCUT2D eigenvalue weighted by Gasteiger charge is 2.31. The summed E-state index contributed by atoms with van der Waals surface area (Å²) in [6, 6.07) is 5.44. The van der Waals surface area contributed by atoms with Crippen LogP contribution in [0.1, 0.15) is 106 Å². The number of esters is 1. The van der Waals surface area contributed by atoms with Crippen molar-refractivity contribution < 1.29 is 33.7 Å². The molecule has 0 aliphatic carbocycles. The van der Waals surface area contributed by atoms with E-state index >= 15 is 0 Å². The molecule has 0 spiro atoms. The number of rotatable bonds is 16. The van der Waals surface area contributed by atoms with Gasteiger partial charge in [0, 0.05) is 12.5 Å². The molecule has 0 aliphatic heterocycles. The van der Waals surface area contributed by atoms with E-state index in [-0.39, 0.29) is 36.2 Å². The van der Waals surface area contributed by atoms with E-state index in [0.29, 0.717) is 25.1 Å². The van der Waals surface area contributed by atoms with E-state index in [4.69, 9.17) is 14.2 Å². The first kappa shape index (κ1) is 38.2. The molecule has 9 heteroatoms. The van der Waals surface area contributed by atoms with Crippen molar-refractivity contribution in [3.63, 3.8) is 0 Å². The summed E-state index contributed by atoms with van der Waals surface area (Å²) < 4.78 is 16.2. The van der Waals surface area contributed by atoms with Crippen molar-refractivity contribution in [3.05, 3.63) is 29.3 Å². The van der Waals surface area contributed by atoms with Gasteiger partial charge in [-0.3, -0.25) is 4.79 Å². The van der Waals surface area contributed by atoms with Crippen molar-refractivity contribution in [2.24, 2.45) is 17.8 Å². The number of carbonyl (C=O) groups is 3. The number of unbranched alkanes of at least 4 members (excludes halogenated alkanes) is 1. The molecule has 0 heterocycles. The lowest BCUT2D eigenvalue weighted by Gasteiger charge is -2.32. The number of amides is 2. The third kappa shape index (κ3) is 14.5. The Labute approximate surface area is 259 Å². The zero-order valence-corrected chi connectivity index (χ0v) is 28.5. The maximum Gasteiger partial charge on any atom is 0.407 e. The number of aliphatic hydroxyl groups is 1. The molecule has 4 atom stereocenters. The lowest BCUT2D eigenvalue weighted by molar-refractivity contribution is -0.143. The molecule has 1 aromatic carbocycles. The Morgan fingerprint density at radius 1 is 1.00 bits per heavy atom. The van der Waals surface area contributed by atoms with Gasteiger partial charge in [0.1, 0.15) is 11.4 Å². The van der Waals surface area contributed by atoms with Crippen LogP contribution in [0.25, 0.3) is 0 Å². The highest BCUT2D eigenvalue weighted by molar-refractivity contribution is 5.78. The first-order valence-electron chi connectivity index (χ1n) is 15.7. The average Bonchev–Trinajstić information content (AvgIpc) is 2.88. The van der Waals surface area contributed by atoms with Crippen LogP contribution in [0, 0.1) is 17.8 Å². The van der Waals surface area contributed by atoms with Crippen molar-refractivity contribution >= 4 is 18.0 Å². The van der Waals surface area contributed by atoms with Gasteiger partial charge >= 0.3 is 12.1 Å². The van der Waals surface area contributed by atoms with Gasteiger partial charge in [0.2, 0.25) is 5.91 Å². The molecule has 3 N–H and O–H groups in total. The van der Waals surface area contributed by atoms with Crippen LogP contribution in [0.3, 0.4) is 0 Å². The third-order valence-electron chi connectivity index (χ3n) is 7.46. The summed E-state index contributed by atoms with van der Waals surface area (Å²) in [7, 11) is 1.33. The number of alkyl carbamates (subject to hydrolysis) is 1. The molecular formula is C34H58N2O7. The van der Waals surface area contributed by atoms with E-state index in [1.165, 1.54) is 7.11 Å². The van der Waals surface area contributed by atoms with E-state index < -0.39 is 35.7 Å². The predicted molar refractivity (Wildman–Crippen MR) is 170 cm³/mol. The van der Waals surface area contributed by atoms with Gasteiger partial charge in [-0.25, -0.2) is 9.59 Å². The van der Waals surface area contributed by atoms with Crippen molar-refractivity contribution in [1.29, 1.82) is 0 Å². The van der Waals surface area contributed by atoms with Crippen LogP contribution >= 0.6 is 0 Å². The van der Waals surface area contributed by atoms with Crippen LogP contribution in [-0.2, 0) is 30.9 Å². The Morgan fingerprint density at radius 3 is 2.19 bits per heavy atom. The summed E-state index contributed by atoms with van der Waals surface area (Å²) >= 11 is 0. The highest BCUT2D eigenvalue weighted by Crippen LogP contribution is 2.34. The van der Waals surface area contributed by atoms with Gasteiger partial charge in [-0.15, -0.1) is 0 Å². The summed E-state index contributed by atoms with van der Waals surface area (Å²) in [5, 5.41) is 17.2. The number of benzene rings is 1. The smallest absolute Gasteiger partial charge is 0.407 e. The Bertz CT molecular complexity index is 1030. The van der Waals surface area contributed by atoms with Crippen molar-refractivity contribution in [2.75, 3.05) is 20.3 Å². The van der Waals surface area contributed by atoms with Gasteiger partial charge in [0.25, 0.3) is 0 Å². The SMILES string of the molecule is CCCCNC(=O)C(C)C[C@H](O)[C@H](C[C@H](Cc1ccc(C(C)(C)C)c(OCC(=O)OC)c1)C(C)C)NC(=O)OC(C)(C)C. The van der Waals surface area contributed by atoms with E-state index in [1.54, 1.807) is 27.7 Å². The molecule has 1 unspecified atom stereocenters. The normalized spacial score (nSPS) is 14.8. The van der Waals surface area contributed by atoms with Gasteiger partial charge < -0.3 is 30.0 Å². The minimum absolute atomic E-state index is 0.0669. The predicted octanol–water partition coefficient (Wildman–Crippen LogP) is 5.94. The van der Waals surface area contributed by atoms with Gasteiger partial charge in [0.05, 0.1) is 19.3 Å². The fourth-order valence-electron chi connectivity index (χ4n) is 4.82. The summed E-state index contributed by atoms with van der Waals surface area (Å²) in [6.45, 7) is 20.1. The Morgan fingerprint density at radius 2 is 1.65 bits per heavy atom. The van der Waals surface area contributed by atoms with Crippen LogP contribution < -0.4 is 15.4 Å². The average molecular weight is 607 g/mol. The van der Waals surface area contributed by atoms with E-state index in [0.717, 1.165) is 24.0 Å². The largest absolute Gasteiger partial charge is 0.482 e. The summed E-state index contributed by atoms with van der Waals surface area (Å²) in [5.41, 5.74) is 1.10. The van der Waals surface area contributed by atoms with Crippen LogP contribution in [0.4, 0.5) is 4.79 Å². The highest BCUT2D eigenvalue weighted by atomic mass is 16.6. The van der Waals surface area contributed by atoms with E-state index in [9.17, 15) is 19.5 Å². The summed E-state index contributed by atoms with van der Waals surface area (Å²) in [6.07, 6.45) is 1.65. The Balaban J connectivity index is 3.25. The van der Waals surface area contributed by atoms with E-state index in [1.807, 2.05) is 12.1 Å². The van der Waals surface area contributed by atoms with Crippen molar-refractivity contribution in [3.8, 4) is 5.75 Å². The lowest BCUT2D eigenvalue weighted by atomic mass is 9.80. The fourth-order valence-corrected chi connectivity index (χ4v) is 4.82. The minimum Gasteiger partial charge on any atom is -0.482 e. The summed E-state index contributed by atoms with van der Waals surface area (Å²) in [5.74, 6) is -0.0779. The lowest BCUT2D eigenvalue weighted by Crippen LogP contribution is -2.48. The number of hydrogen-bond acceptors (Lipinski definition) is 7. The Kier molecular flexibility index (Phi) is 15.5. The van der Waals surface area contributed by atoms with Crippen molar-refractivity contribution in [2.45, 2.75) is 125 Å². The van der Waals surface area contributed by atoms with Crippen LogP contribution in [0.5, 0.6) is 5.75 Å². The molecule has 0 saturated carbocycles. The molecule has 0 saturated heterocycles. The minimum atomic E-state index is -0.956. The first-order valence-corrected chi connectivity index (χ1v) is 15.7. The number of carbonyl (C=O) groups excluding carboxylic acids is 3. The first-order chi connectivity index (χ1) is 19.9. The maximum absolute atomic E-state index is 12.8. The quantitative estimate of drug-likeness (QED) is 0.157. The fraction of sp³-hybridized carbons (Fsp3) is 0.735. The van der Waals surface area contributed by atoms with E-state index in [2.05, 4.69) is 58.2 Å². The standard InChI is InChI=1S/C34H58N2O7/c1-12-13-16-35-31(39)23(4)17-28(37)27(36-32(40)43-34(8,9)10)20-25(22(2)3)18-24-14-15-26(33(5,6)7)29(19-24)42-21-30(38)41-11/h14-15,19,22-23,25,27-28,37H,12-13,16-18,20-21H2,1-11H3,(H,35,39)(H,36,40)/t23?,25-,27-,28-/m0/s1. The zero-order valence-electron chi connectivity index (χ0n) is 28.5. The molecule has 9 nitrogen and oxygen atoms in total. The monoisotopic (exact) mass is 606 g/mol. The number of hydrogen-bond donors (Lipinski definition) is 3. The number of nitrogens with one attached hydrogen (secondary N) is 2. The molecule has 0 fully saturated rings. The maximum atomic E-state index is 12.8. The van der Waals surface area contributed by atoms with Gasteiger partial charge in [0.15, 0.2) is 6.61 Å². The third-order valence-corrected chi connectivity index (χ3v) is 7.46. The zero-order chi connectivity index (χ0) is 33.0. The molecule has 1 rings (SSSR count). The van der Waals surface area contributed by atoms with Gasteiger partial charge in [-0.1, -0.05) is 67.0 Å². The summed E-state index contributed by atoms with van der Waals surface area (Å²) in [4.78, 5) is 37.3. The topological polar surface area (TPSA) is 123 Å². The molecule has 0 bridgehead atoms. The Hall–Kier alpha value is -2.81. The number of methoxy groups -OCH3 is 1. The number of ether oxygens (including phenoxy) is 3. The molecule has 0 aliphatic rings. The second-order valence-corrected chi connectivity index (χ2v) is 14.0. The van der Waals surface area contributed by atoms with Crippen LogP contribution in [-0.4, -0.2) is 61.1 Å². The van der Waals surface area contributed by atoms with Gasteiger partial charge in [-0.05, 0) is 80.9 Å². The molecular weight excluding hydrogens is 548 g/mol. The second-order valence-electron chi connectivity index (χ2n) is 14.0.